The van der Waals surface area contributed by atoms with E-state index in [1.807, 2.05) is 45.0 Å². The Morgan fingerprint density at radius 1 is 0.941 bits per heavy atom. The summed E-state index contributed by atoms with van der Waals surface area (Å²) in [6.07, 6.45) is 1.62. The van der Waals surface area contributed by atoms with Crippen molar-refractivity contribution in [3.05, 3.63) is 59.7 Å². The highest BCUT2D eigenvalue weighted by atomic mass is 16.6. The van der Waals surface area contributed by atoms with Crippen molar-refractivity contribution < 1.29 is 23.9 Å². The van der Waals surface area contributed by atoms with Crippen LogP contribution in [0.5, 0.6) is 0 Å². The zero-order valence-electron chi connectivity index (χ0n) is 20.6. The van der Waals surface area contributed by atoms with Gasteiger partial charge in [0.2, 0.25) is 0 Å². The number of esters is 1. The van der Waals surface area contributed by atoms with Crippen molar-refractivity contribution >= 4 is 17.8 Å². The Morgan fingerprint density at radius 2 is 1.53 bits per heavy atom. The van der Waals surface area contributed by atoms with Crippen LogP contribution in [0.25, 0.3) is 11.1 Å². The van der Waals surface area contributed by atoms with Gasteiger partial charge in [0.1, 0.15) is 18.0 Å². The van der Waals surface area contributed by atoms with Crippen LogP contribution in [0, 0.1) is 5.92 Å². The number of amides is 1. The number of Topliss-reactive ketones (excluding diaryl/α,β-unsaturated/α-hetero) is 1. The third-order valence-electron chi connectivity index (χ3n) is 6.01. The number of hydrogen-bond donors (Lipinski definition) is 1. The zero-order chi connectivity index (χ0) is 24.7. The second kappa shape index (κ2) is 11.3. The maximum Gasteiger partial charge on any atom is 0.407 e. The van der Waals surface area contributed by atoms with Gasteiger partial charge in [0.05, 0.1) is 6.42 Å². The lowest BCUT2D eigenvalue weighted by Crippen LogP contribution is -2.33. The van der Waals surface area contributed by atoms with Gasteiger partial charge < -0.3 is 14.8 Å². The Labute approximate surface area is 202 Å². The quantitative estimate of drug-likeness (QED) is 0.363. The highest BCUT2D eigenvalue weighted by Crippen LogP contribution is 2.44. The normalized spacial score (nSPS) is 13.5. The molecular weight excluding hydrogens is 430 g/mol. The molecule has 1 aliphatic carbocycles. The summed E-state index contributed by atoms with van der Waals surface area (Å²) in [7, 11) is 0. The van der Waals surface area contributed by atoms with E-state index in [2.05, 4.69) is 29.6 Å². The monoisotopic (exact) mass is 465 g/mol. The summed E-state index contributed by atoms with van der Waals surface area (Å²) in [6.45, 7) is 7.68. The van der Waals surface area contributed by atoms with Crippen LogP contribution in [-0.4, -0.2) is 36.6 Å². The minimum absolute atomic E-state index is 0.00561. The fourth-order valence-corrected chi connectivity index (χ4v) is 4.35. The lowest BCUT2D eigenvalue weighted by Gasteiger charge is -2.19. The van der Waals surface area contributed by atoms with Crippen LogP contribution in [0.3, 0.4) is 0 Å². The largest absolute Gasteiger partial charge is 0.465 e. The summed E-state index contributed by atoms with van der Waals surface area (Å²) in [5, 5.41) is 2.71. The SMILES string of the molecule is CC(=O)C(CCCCNC(=O)OC(C)(C)C)CC(=O)OCC1c2ccccc2-c2ccccc21. The number of ketones is 1. The van der Waals surface area contributed by atoms with E-state index in [0.717, 1.165) is 17.5 Å². The molecule has 0 saturated heterocycles. The Kier molecular flexibility index (Phi) is 8.48. The molecule has 0 heterocycles. The Balaban J connectivity index is 1.46. The van der Waals surface area contributed by atoms with Crippen molar-refractivity contribution in [1.82, 2.24) is 5.32 Å². The minimum Gasteiger partial charge on any atom is -0.465 e. The van der Waals surface area contributed by atoms with Crippen LogP contribution < -0.4 is 5.32 Å². The fourth-order valence-electron chi connectivity index (χ4n) is 4.35. The van der Waals surface area contributed by atoms with Crippen molar-refractivity contribution in [1.29, 1.82) is 0 Å². The van der Waals surface area contributed by atoms with Gasteiger partial charge in [-0.3, -0.25) is 9.59 Å². The first-order chi connectivity index (χ1) is 16.2. The van der Waals surface area contributed by atoms with Gasteiger partial charge in [-0.15, -0.1) is 0 Å². The van der Waals surface area contributed by atoms with Crippen LogP contribution in [-0.2, 0) is 19.1 Å². The fraction of sp³-hybridized carbons (Fsp3) is 0.464. The smallest absolute Gasteiger partial charge is 0.407 e. The number of nitrogens with one attached hydrogen (secondary N) is 1. The molecule has 0 aliphatic heterocycles. The van der Waals surface area contributed by atoms with E-state index in [1.54, 1.807) is 0 Å². The molecule has 6 heteroatoms. The standard InChI is InChI=1S/C28H35NO5/c1-19(30)20(11-9-10-16-29-27(32)34-28(2,3)4)17-26(31)33-18-25-23-14-7-5-12-21(23)22-13-6-8-15-24(22)25/h5-8,12-15,20,25H,9-11,16-18H2,1-4H3,(H,29,32). The van der Waals surface area contributed by atoms with Crippen LogP contribution in [0.15, 0.2) is 48.5 Å². The van der Waals surface area contributed by atoms with Crippen LogP contribution >= 0.6 is 0 Å². The first kappa shape index (κ1) is 25.5. The lowest BCUT2D eigenvalue weighted by molar-refractivity contribution is -0.146. The predicted molar refractivity (Wildman–Crippen MR) is 132 cm³/mol. The maximum atomic E-state index is 12.6. The third kappa shape index (κ3) is 6.92. The van der Waals surface area contributed by atoms with E-state index in [-0.39, 0.29) is 36.6 Å². The number of benzene rings is 2. The van der Waals surface area contributed by atoms with E-state index in [4.69, 9.17) is 9.47 Å². The molecule has 6 nitrogen and oxygen atoms in total. The molecule has 0 spiro atoms. The zero-order valence-corrected chi connectivity index (χ0v) is 20.6. The molecule has 34 heavy (non-hydrogen) atoms. The summed E-state index contributed by atoms with van der Waals surface area (Å²) < 4.78 is 10.9. The van der Waals surface area contributed by atoms with E-state index in [1.165, 1.54) is 18.1 Å². The molecule has 0 aromatic heterocycles. The van der Waals surface area contributed by atoms with Gasteiger partial charge in [0, 0.05) is 18.4 Å². The molecule has 0 bridgehead atoms. The lowest BCUT2D eigenvalue weighted by atomic mass is 9.94. The highest BCUT2D eigenvalue weighted by Gasteiger charge is 2.29. The first-order valence-electron chi connectivity index (χ1n) is 12.0. The number of rotatable bonds is 10. The van der Waals surface area contributed by atoms with Crippen LogP contribution in [0.4, 0.5) is 4.79 Å². The van der Waals surface area contributed by atoms with Gasteiger partial charge in [-0.2, -0.15) is 0 Å². The molecule has 2 aromatic carbocycles. The van der Waals surface area contributed by atoms with Gasteiger partial charge >= 0.3 is 12.1 Å². The summed E-state index contributed by atoms with van der Waals surface area (Å²) in [5.74, 6) is -0.745. The molecule has 0 radical (unpaired) electrons. The van der Waals surface area contributed by atoms with Crippen molar-refractivity contribution in [2.45, 2.75) is 64.9 Å². The second-order valence-corrected chi connectivity index (χ2v) is 9.85. The number of hydrogen-bond acceptors (Lipinski definition) is 5. The molecule has 2 aromatic rings. The average molecular weight is 466 g/mol. The van der Waals surface area contributed by atoms with Gasteiger partial charge in [0.25, 0.3) is 0 Å². The molecule has 182 valence electrons. The van der Waals surface area contributed by atoms with E-state index >= 15 is 0 Å². The number of fused-ring (bicyclic) bond motifs is 3. The van der Waals surface area contributed by atoms with Crippen molar-refractivity contribution in [2.75, 3.05) is 13.2 Å². The number of unbranched alkanes of at least 4 members (excludes halogenated alkanes) is 1. The number of alkyl carbamates (subject to hydrolysis) is 1. The van der Waals surface area contributed by atoms with E-state index in [0.29, 0.717) is 19.4 Å². The molecular formula is C28H35NO5. The summed E-state index contributed by atoms with van der Waals surface area (Å²) in [4.78, 5) is 36.4. The predicted octanol–water partition coefficient (Wildman–Crippen LogP) is 5.63. The first-order valence-corrected chi connectivity index (χ1v) is 12.0. The minimum atomic E-state index is -0.535. The van der Waals surface area contributed by atoms with Gasteiger partial charge in [0.15, 0.2) is 0 Å². The molecule has 1 aliphatic rings. The topological polar surface area (TPSA) is 81.7 Å². The van der Waals surface area contributed by atoms with Crippen LogP contribution in [0.2, 0.25) is 0 Å². The summed E-state index contributed by atoms with van der Waals surface area (Å²) in [5.41, 5.74) is 4.16. The second-order valence-electron chi connectivity index (χ2n) is 9.85. The Bertz CT molecular complexity index is 978. The highest BCUT2D eigenvalue weighted by molar-refractivity contribution is 5.83. The number of ether oxygens (including phenoxy) is 2. The molecule has 1 N–H and O–H groups in total. The van der Waals surface area contributed by atoms with Crippen LogP contribution in [0.1, 0.15) is 70.4 Å². The molecule has 3 rings (SSSR count). The van der Waals surface area contributed by atoms with E-state index in [9.17, 15) is 14.4 Å². The van der Waals surface area contributed by atoms with Gasteiger partial charge in [-0.05, 0) is 62.8 Å². The molecule has 1 unspecified atom stereocenters. The summed E-state index contributed by atoms with van der Waals surface area (Å²) >= 11 is 0. The maximum absolute atomic E-state index is 12.6. The van der Waals surface area contributed by atoms with Crippen molar-refractivity contribution in [3.8, 4) is 11.1 Å². The molecule has 1 atom stereocenters. The van der Waals surface area contributed by atoms with Gasteiger partial charge in [-0.25, -0.2) is 4.79 Å². The van der Waals surface area contributed by atoms with Crippen molar-refractivity contribution in [2.24, 2.45) is 5.92 Å². The number of carbonyl (C=O) groups is 3. The summed E-state index contributed by atoms with van der Waals surface area (Å²) in [6, 6.07) is 16.4. The Morgan fingerprint density at radius 3 is 2.09 bits per heavy atom. The molecule has 1 amide bonds. The van der Waals surface area contributed by atoms with Gasteiger partial charge in [-0.1, -0.05) is 55.0 Å². The molecule has 0 fully saturated rings. The Hall–Kier alpha value is -3.15. The molecule has 0 saturated carbocycles. The number of carbonyl (C=O) groups excluding carboxylic acids is 3. The van der Waals surface area contributed by atoms with Crippen molar-refractivity contribution in [3.63, 3.8) is 0 Å². The average Bonchev–Trinajstić information content (AvgIpc) is 3.09. The third-order valence-corrected chi connectivity index (χ3v) is 6.01. The van der Waals surface area contributed by atoms with E-state index < -0.39 is 11.7 Å².